The molecule has 6 nitrogen and oxygen atoms in total. The van der Waals surface area contributed by atoms with E-state index in [1.807, 2.05) is 0 Å². The topological polar surface area (TPSA) is 74.8 Å². The molecule has 0 saturated carbocycles. The highest BCUT2D eigenvalue weighted by Gasteiger charge is 2.41. The minimum Gasteiger partial charge on any atom is -0.292 e. The fourth-order valence-corrected chi connectivity index (χ4v) is 3.47. The molecule has 0 aromatic heterocycles. The van der Waals surface area contributed by atoms with Gasteiger partial charge in [0.2, 0.25) is 11.8 Å². The number of carbonyl (C=O) groups excluding carboxylic acids is 4. The van der Waals surface area contributed by atoms with E-state index in [0.717, 1.165) is 10.0 Å². The molecule has 0 radical (unpaired) electrons. The van der Waals surface area contributed by atoms with E-state index in [2.05, 4.69) is 0 Å². The van der Waals surface area contributed by atoms with Crippen LogP contribution in [-0.2, 0) is 9.59 Å². The highest BCUT2D eigenvalue weighted by Crippen LogP contribution is 2.24. The number of hydrazine groups is 1. The summed E-state index contributed by atoms with van der Waals surface area (Å²) in [5, 5.41) is 2.34. The van der Waals surface area contributed by atoms with Crippen molar-refractivity contribution >= 4 is 35.1 Å². The quantitative estimate of drug-likeness (QED) is 0.532. The van der Waals surface area contributed by atoms with Crippen molar-refractivity contribution < 1.29 is 19.2 Å². The van der Waals surface area contributed by atoms with E-state index in [0.29, 0.717) is 17.0 Å². The molecule has 1 saturated heterocycles. The van der Waals surface area contributed by atoms with E-state index in [-0.39, 0.29) is 30.6 Å². The predicted molar refractivity (Wildman–Crippen MR) is 108 cm³/mol. The van der Waals surface area contributed by atoms with E-state index in [1.54, 1.807) is 49.4 Å². The molecule has 2 aromatic carbocycles. The largest absolute Gasteiger partial charge is 0.292 e. The Kier molecular flexibility index (Phi) is 6.44. The summed E-state index contributed by atoms with van der Waals surface area (Å²) < 4.78 is 0. The summed E-state index contributed by atoms with van der Waals surface area (Å²) in [5.74, 6) is -1.89. The van der Waals surface area contributed by atoms with Gasteiger partial charge in [-0.1, -0.05) is 48.9 Å². The molecule has 3 amide bonds. The van der Waals surface area contributed by atoms with E-state index in [1.165, 1.54) is 12.1 Å². The zero-order valence-electron chi connectivity index (χ0n) is 16.0. The third-order valence-electron chi connectivity index (χ3n) is 4.81. The second-order valence-electron chi connectivity index (χ2n) is 6.76. The van der Waals surface area contributed by atoms with Gasteiger partial charge in [0.05, 0.1) is 0 Å². The summed E-state index contributed by atoms with van der Waals surface area (Å²) in [7, 11) is 0. The molecule has 2 aromatic rings. The lowest BCUT2D eigenvalue weighted by Crippen LogP contribution is -2.60. The van der Waals surface area contributed by atoms with Crippen molar-refractivity contribution in [3.05, 3.63) is 70.7 Å². The van der Waals surface area contributed by atoms with E-state index < -0.39 is 23.8 Å². The molecular formula is C22H21ClN2O4. The van der Waals surface area contributed by atoms with Crippen LogP contribution in [0.3, 0.4) is 0 Å². The van der Waals surface area contributed by atoms with Crippen LogP contribution < -0.4 is 0 Å². The van der Waals surface area contributed by atoms with Crippen LogP contribution in [0.4, 0.5) is 0 Å². The maximum atomic E-state index is 13.4. The number of amides is 3. The maximum absolute atomic E-state index is 13.4. The van der Waals surface area contributed by atoms with Crippen molar-refractivity contribution in [1.82, 2.24) is 10.0 Å². The van der Waals surface area contributed by atoms with Crippen molar-refractivity contribution in [2.75, 3.05) is 0 Å². The number of hydrogen-bond donors (Lipinski definition) is 0. The van der Waals surface area contributed by atoms with E-state index in [9.17, 15) is 19.2 Å². The van der Waals surface area contributed by atoms with Gasteiger partial charge in [0.25, 0.3) is 5.91 Å². The summed E-state index contributed by atoms with van der Waals surface area (Å²) >= 11 is 5.91. The van der Waals surface area contributed by atoms with Crippen molar-refractivity contribution in [3.63, 3.8) is 0 Å². The molecular weight excluding hydrogens is 392 g/mol. The molecule has 150 valence electrons. The minimum atomic E-state index is -0.994. The molecule has 0 bridgehead atoms. The summed E-state index contributed by atoms with van der Waals surface area (Å²) in [6, 6.07) is 13.7. The number of imide groups is 1. The van der Waals surface area contributed by atoms with Crippen molar-refractivity contribution in [2.24, 2.45) is 0 Å². The summed E-state index contributed by atoms with van der Waals surface area (Å²) in [5.41, 5.74) is 0.644. The van der Waals surface area contributed by atoms with Crippen LogP contribution in [0.2, 0.25) is 5.02 Å². The summed E-state index contributed by atoms with van der Waals surface area (Å²) in [6.07, 6.45) is 0.961. The molecule has 0 unspecified atom stereocenters. The Morgan fingerprint density at radius 1 is 0.966 bits per heavy atom. The number of halogens is 1. The van der Waals surface area contributed by atoms with Gasteiger partial charge in [0.15, 0.2) is 5.78 Å². The van der Waals surface area contributed by atoms with Crippen LogP contribution >= 0.6 is 11.6 Å². The molecule has 0 N–H and O–H groups in total. The number of ketones is 1. The molecule has 0 aliphatic carbocycles. The zero-order chi connectivity index (χ0) is 21.0. The van der Waals surface area contributed by atoms with Crippen LogP contribution in [0.15, 0.2) is 54.6 Å². The molecule has 1 aliphatic rings. The lowest BCUT2D eigenvalue weighted by molar-refractivity contribution is -0.165. The average molecular weight is 413 g/mol. The third kappa shape index (κ3) is 4.38. The van der Waals surface area contributed by atoms with Gasteiger partial charge in [-0.2, -0.15) is 5.01 Å². The van der Waals surface area contributed by atoms with Gasteiger partial charge < -0.3 is 0 Å². The number of Topliss-reactive ketones (excluding diaryl/α,β-unsaturated/α-hetero) is 1. The average Bonchev–Trinajstić information content (AvgIpc) is 2.73. The predicted octanol–water partition coefficient (Wildman–Crippen LogP) is 3.90. The Hall–Kier alpha value is -2.99. The van der Waals surface area contributed by atoms with Crippen LogP contribution in [0.25, 0.3) is 0 Å². The van der Waals surface area contributed by atoms with Gasteiger partial charge in [0, 0.05) is 29.0 Å². The van der Waals surface area contributed by atoms with Crippen LogP contribution in [0.1, 0.15) is 53.3 Å². The van der Waals surface area contributed by atoms with Gasteiger partial charge in [-0.3, -0.25) is 19.2 Å². The van der Waals surface area contributed by atoms with Gasteiger partial charge in [-0.15, -0.1) is 0 Å². The number of piperidine rings is 1. The number of rotatable bonds is 6. The van der Waals surface area contributed by atoms with Crippen molar-refractivity contribution in [2.45, 2.75) is 38.6 Å². The molecule has 3 rings (SSSR count). The van der Waals surface area contributed by atoms with Crippen LogP contribution in [0.5, 0.6) is 0 Å². The lowest BCUT2D eigenvalue weighted by atomic mass is 10.0. The first kappa shape index (κ1) is 20.7. The third-order valence-corrected chi connectivity index (χ3v) is 5.06. The Morgan fingerprint density at radius 2 is 1.55 bits per heavy atom. The normalized spacial score (nSPS) is 15.2. The number of benzene rings is 2. The summed E-state index contributed by atoms with van der Waals surface area (Å²) in [6.45, 7) is 1.74. The molecule has 29 heavy (non-hydrogen) atoms. The maximum Gasteiger partial charge on any atom is 0.273 e. The fraction of sp³-hybridized carbons (Fsp3) is 0.273. The number of nitrogens with zero attached hydrogens (tertiary/aromatic N) is 2. The number of carbonyl (C=O) groups is 4. The first-order valence-corrected chi connectivity index (χ1v) is 9.86. The first-order valence-electron chi connectivity index (χ1n) is 9.48. The second kappa shape index (κ2) is 9.01. The fourth-order valence-electron chi connectivity index (χ4n) is 3.34. The molecule has 1 aliphatic heterocycles. The van der Waals surface area contributed by atoms with Gasteiger partial charge >= 0.3 is 0 Å². The Bertz CT molecular complexity index is 912. The summed E-state index contributed by atoms with van der Waals surface area (Å²) in [4.78, 5) is 51.8. The van der Waals surface area contributed by atoms with Gasteiger partial charge in [-0.25, -0.2) is 5.01 Å². The molecule has 1 atom stereocenters. The standard InChI is InChI=1S/C22H21ClN2O4/c1-2-18(21(28)15-7-4-3-5-8-15)24(25-19(26)9-6-10-20(25)27)22(29)16-11-13-17(23)14-12-16/h3-5,7-8,11-14,18H,2,6,9-10H2,1H3/t18-/m0/s1. The lowest BCUT2D eigenvalue weighted by Gasteiger charge is -2.39. The zero-order valence-corrected chi connectivity index (χ0v) is 16.8. The van der Waals surface area contributed by atoms with Crippen molar-refractivity contribution in [1.29, 1.82) is 0 Å². The minimum absolute atomic E-state index is 0.145. The first-order chi connectivity index (χ1) is 13.9. The SMILES string of the molecule is CC[C@@H](C(=O)c1ccccc1)N(C(=O)c1ccc(Cl)cc1)N1C(=O)CCCC1=O. The smallest absolute Gasteiger partial charge is 0.273 e. The van der Waals surface area contributed by atoms with Crippen molar-refractivity contribution in [3.8, 4) is 0 Å². The Morgan fingerprint density at radius 3 is 2.10 bits per heavy atom. The van der Waals surface area contributed by atoms with Gasteiger partial charge in [-0.05, 0) is 37.1 Å². The van der Waals surface area contributed by atoms with Crippen LogP contribution in [-0.4, -0.2) is 39.6 Å². The highest BCUT2D eigenvalue weighted by molar-refractivity contribution is 6.30. The van der Waals surface area contributed by atoms with Gasteiger partial charge in [0.1, 0.15) is 6.04 Å². The highest BCUT2D eigenvalue weighted by atomic mass is 35.5. The Labute approximate surface area is 174 Å². The molecule has 7 heteroatoms. The second-order valence-corrected chi connectivity index (χ2v) is 7.20. The number of hydrogen-bond acceptors (Lipinski definition) is 4. The molecule has 0 spiro atoms. The van der Waals surface area contributed by atoms with E-state index >= 15 is 0 Å². The van der Waals surface area contributed by atoms with Crippen LogP contribution in [0, 0.1) is 0 Å². The monoisotopic (exact) mass is 412 g/mol. The molecule has 1 fully saturated rings. The Balaban J connectivity index is 2.06. The molecule has 1 heterocycles. The van der Waals surface area contributed by atoms with E-state index in [4.69, 9.17) is 11.6 Å².